The summed E-state index contributed by atoms with van der Waals surface area (Å²) in [5.74, 6) is 3.07. The maximum Gasteiger partial charge on any atom is 0.225 e. The number of fused-ring (bicyclic) bond motifs is 1. The van der Waals surface area contributed by atoms with E-state index in [1.807, 2.05) is 19.2 Å². The van der Waals surface area contributed by atoms with Crippen LogP contribution in [0.5, 0.6) is 0 Å². The van der Waals surface area contributed by atoms with Gasteiger partial charge >= 0.3 is 0 Å². The average molecular weight is 299 g/mol. The van der Waals surface area contributed by atoms with E-state index in [-0.39, 0.29) is 0 Å². The normalized spacial score (nSPS) is 19.1. The minimum absolute atomic E-state index is 0.569. The topological polar surface area (TPSA) is 63.0 Å². The molecular weight excluding hydrogens is 278 g/mol. The second-order valence-corrected chi connectivity index (χ2v) is 6.06. The van der Waals surface area contributed by atoms with Gasteiger partial charge in [0, 0.05) is 50.5 Å². The van der Waals surface area contributed by atoms with E-state index in [0.717, 1.165) is 62.4 Å². The molecule has 2 aliphatic heterocycles. The average Bonchev–Trinajstić information content (AvgIpc) is 2.88. The van der Waals surface area contributed by atoms with Crippen molar-refractivity contribution in [2.24, 2.45) is 0 Å². The molecule has 0 aliphatic carbocycles. The quantitative estimate of drug-likeness (QED) is 0.829. The number of rotatable bonds is 3. The maximum absolute atomic E-state index is 4.49. The second-order valence-electron chi connectivity index (χ2n) is 6.06. The molecule has 1 saturated heterocycles. The summed E-state index contributed by atoms with van der Waals surface area (Å²) in [5, 5.41) is 8.62. The zero-order valence-corrected chi connectivity index (χ0v) is 13.1. The van der Waals surface area contributed by atoms with Crippen molar-refractivity contribution >= 4 is 5.95 Å². The Morgan fingerprint density at radius 3 is 2.86 bits per heavy atom. The molecule has 2 aliphatic rings. The van der Waals surface area contributed by atoms with Gasteiger partial charge in [-0.25, -0.2) is 9.97 Å². The highest BCUT2D eigenvalue weighted by Crippen LogP contribution is 2.23. The Labute approximate surface area is 130 Å². The third kappa shape index (κ3) is 2.25. The summed E-state index contributed by atoms with van der Waals surface area (Å²) in [6.45, 7) is 9.12. The van der Waals surface area contributed by atoms with Gasteiger partial charge in [-0.15, -0.1) is 10.2 Å². The van der Waals surface area contributed by atoms with Crippen LogP contribution in [0.1, 0.15) is 24.3 Å². The standard InChI is InChI=1S/C15H21N7/c1-3-13-18-19-14-10-20(6-7-22(13)14)12-8-21(9-12)15-16-5-4-11(2)17-15/h4-5,12H,3,6-10H2,1-2H3. The summed E-state index contributed by atoms with van der Waals surface area (Å²) in [5.41, 5.74) is 1.02. The molecule has 0 N–H and O–H groups in total. The molecule has 2 aromatic heterocycles. The molecular formula is C15H21N7. The Morgan fingerprint density at radius 2 is 2.09 bits per heavy atom. The monoisotopic (exact) mass is 299 g/mol. The van der Waals surface area contributed by atoms with Gasteiger partial charge in [0.05, 0.1) is 6.54 Å². The molecule has 2 aromatic rings. The fraction of sp³-hybridized carbons (Fsp3) is 0.600. The highest BCUT2D eigenvalue weighted by molar-refractivity contribution is 5.35. The van der Waals surface area contributed by atoms with Gasteiger partial charge in [0.25, 0.3) is 0 Å². The lowest BCUT2D eigenvalue weighted by Crippen LogP contribution is -2.61. The molecule has 0 unspecified atom stereocenters. The fourth-order valence-corrected chi connectivity index (χ4v) is 3.25. The van der Waals surface area contributed by atoms with Crippen LogP contribution in [0, 0.1) is 6.92 Å². The zero-order valence-electron chi connectivity index (χ0n) is 13.1. The molecule has 0 bridgehead atoms. The van der Waals surface area contributed by atoms with Crippen molar-refractivity contribution in [1.29, 1.82) is 0 Å². The fourth-order valence-electron chi connectivity index (χ4n) is 3.25. The predicted molar refractivity (Wildman–Crippen MR) is 82.6 cm³/mol. The van der Waals surface area contributed by atoms with Crippen molar-refractivity contribution in [3.63, 3.8) is 0 Å². The summed E-state index contributed by atoms with van der Waals surface area (Å²) in [6.07, 6.45) is 2.79. The number of aryl methyl sites for hydroxylation is 2. The van der Waals surface area contributed by atoms with Crippen LogP contribution in [0.4, 0.5) is 5.95 Å². The maximum atomic E-state index is 4.49. The van der Waals surface area contributed by atoms with Crippen LogP contribution in [-0.4, -0.2) is 55.3 Å². The Hall–Kier alpha value is -2.02. The summed E-state index contributed by atoms with van der Waals surface area (Å²) in [6, 6.07) is 2.50. The lowest BCUT2D eigenvalue weighted by Gasteiger charge is -2.46. The predicted octanol–water partition coefficient (Wildman–Crippen LogP) is 0.643. The van der Waals surface area contributed by atoms with Crippen LogP contribution in [0.25, 0.3) is 0 Å². The largest absolute Gasteiger partial charge is 0.338 e. The lowest BCUT2D eigenvalue weighted by molar-refractivity contribution is 0.127. The Balaban J connectivity index is 1.40. The third-order valence-corrected chi connectivity index (χ3v) is 4.62. The second kappa shape index (κ2) is 5.31. The highest BCUT2D eigenvalue weighted by Gasteiger charge is 2.35. The summed E-state index contributed by atoms with van der Waals surface area (Å²) in [7, 11) is 0. The van der Waals surface area contributed by atoms with E-state index in [0.29, 0.717) is 6.04 Å². The SMILES string of the molecule is CCc1nnc2n1CCN(C1CN(c3nccc(C)n3)C1)C2. The third-order valence-electron chi connectivity index (χ3n) is 4.62. The molecule has 4 rings (SSSR count). The highest BCUT2D eigenvalue weighted by atomic mass is 15.4. The van der Waals surface area contributed by atoms with Gasteiger partial charge < -0.3 is 9.47 Å². The van der Waals surface area contributed by atoms with Crippen molar-refractivity contribution in [3.05, 3.63) is 29.6 Å². The number of hydrogen-bond donors (Lipinski definition) is 0. The van der Waals surface area contributed by atoms with Gasteiger partial charge in [-0.1, -0.05) is 6.92 Å². The Morgan fingerprint density at radius 1 is 1.23 bits per heavy atom. The van der Waals surface area contributed by atoms with Gasteiger partial charge in [0.2, 0.25) is 5.95 Å². The van der Waals surface area contributed by atoms with Crippen molar-refractivity contribution in [1.82, 2.24) is 29.6 Å². The molecule has 1 fully saturated rings. The minimum Gasteiger partial charge on any atom is -0.338 e. The molecule has 0 amide bonds. The Kier molecular flexibility index (Phi) is 3.29. The Bertz CT molecular complexity index is 674. The van der Waals surface area contributed by atoms with Crippen LogP contribution in [0.3, 0.4) is 0 Å². The van der Waals surface area contributed by atoms with Crippen LogP contribution >= 0.6 is 0 Å². The first-order chi connectivity index (χ1) is 10.7. The van der Waals surface area contributed by atoms with Crippen LogP contribution < -0.4 is 4.90 Å². The smallest absolute Gasteiger partial charge is 0.225 e. The number of anilines is 1. The molecule has 0 radical (unpaired) electrons. The number of aromatic nitrogens is 5. The van der Waals surface area contributed by atoms with E-state index in [9.17, 15) is 0 Å². The molecule has 4 heterocycles. The lowest BCUT2D eigenvalue weighted by atomic mass is 10.1. The molecule has 0 atom stereocenters. The van der Waals surface area contributed by atoms with Gasteiger partial charge in [-0.05, 0) is 13.0 Å². The number of nitrogens with zero attached hydrogens (tertiary/aromatic N) is 7. The van der Waals surface area contributed by atoms with E-state index in [1.54, 1.807) is 0 Å². The van der Waals surface area contributed by atoms with Crippen molar-refractivity contribution in [2.45, 2.75) is 39.4 Å². The van der Waals surface area contributed by atoms with Crippen molar-refractivity contribution in [2.75, 3.05) is 24.5 Å². The van der Waals surface area contributed by atoms with E-state index in [2.05, 4.69) is 41.5 Å². The van der Waals surface area contributed by atoms with E-state index in [1.165, 1.54) is 0 Å². The molecule has 0 saturated carbocycles. The first-order valence-electron chi connectivity index (χ1n) is 7.94. The van der Waals surface area contributed by atoms with Gasteiger partial charge in [0.1, 0.15) is 11.6 Å². The van der Waals surface area contributed by atoms with Crippen LogP contribution in [-0.2, 0) is 19.5 Å². The van der Waals surface area contributed by atoms with Crippen molar-refractivity contribution < 1.29 is 0 Å². The zero-order chi connectivity index (χ0) is 15.1. The summed E-state index contributed by atoms with van der Waals surface area (Å²) < 4.78 is 2.27. The minimum atomic E-state index is 0.569. The molecule has 7 nitrogen and oxygen atoms in total. The first-order valence-corrected chi connectivity index (χ1v) is 7.94. The van der Waals surface area contributed by atoms with Gasteiger partial charge in [-0.3, -0.25) is 4.90 Å². The summed E-state index contributed by atoms with van der Waals surface area (Å²) >= 11 is 0. The molecule has 7 heteroatoms. The number of hydrogen-bond acceptors (Lipinski definition) is 6. The van der Waals surface area contributed by atoms with E-state index < -0.39 is 0 Å². The van der Waals surface area contributed by atoms with Crippen LogP contribution in [0.15, 0.2) is 12.3 Å². The molecule has 0 aromatic carbocycles. The molecule has 0 spiro atoms. The summed E-state index contributed by atoms with van der Waals surface area (Å²) in [4.78, 5) is 13.6. The van der Waals surface area contributed by atoms with Crippen molar-refractivity contribution in [3.8, 4) is 0 Å². The van der Waals surface area contributed by atoms with E-state index >= 15 is 0 Å². The van der Waals surface area contributed by atoms with E-state index in [4.69, 9.17) is 0 Å². The molecule has 22 heavy (non-hydrogen) atoms. The first kappa shape index (κ1) is 13.6. The molecule has 116 valence electrons. The van der Waals surface area contributed by atoms with Gasteiger partial charge in [-0.2, -0.15) is 0 Å². The van der Waals surface area contributed by atoms with Gasteiger partial charge in [0.15, 0.2) is 0 Å². The van der Waals surface area contributed by atoms with Crippen LogP contribution in [0.2, 0.25) is 0 Å².